The minimum Gasteiger partial charge on any atom is -0.486 e. The lowest BCUT2D eigenvalue weighted by molar-refractivity contribution is 0.0785. The molecule has 0 spiro atoms. The van der Waals surface area contributed by atoms with E-state index in [4.69, 9.17) is 21.1 Å². The first-order chi connectivity index (χ1) is 15.2. The second-order valence-corrected chi connectivity index (χ2v) is 8.51. The van der Waals surface area contributed by atoms with Gasteiger partial charge in [-0.15, -0.1) is 0 Å². The number of carbonyl (C=O) groups is 1. The highest BCUT2D eigenvalue weighted by Gasteiger charge is 2.24. The summed E-state index contributed by atoms with van der Waals surface area (Å²) in [6, 6.07) is 18.8. The predicted molar refractivity (Wildman–Crippen MR) is 120 cm³/mol. The fraction of sp³-hybridized carbons (Fsp3) is 0.130. The van der Waals surface area contributed by atoms with Gasteiger partial charge in [-0.2, -0.15) is 0 Å². The molecular formula is C23H18ClN3O3S. The average molecular weight is 452 g/mol. The van der Waals surface area contributed by atoms with Crippen LogP contribution in [0, 0.1) is 0 Å². The molecule has 156 valence electrons. The Kier molecular flexibility index (Phi) is 5.44. The van der Waals surface area contributed by atoms with Crippen molar-refractivity contribution in [2.45, 2.75) is 15.9 Å². The number of hydrogen-bond acceptors (Lipinski definition) is 5. The molecule has 0 bridgehead atoms. The number of nitrogens with one attached hydrogen (secondary N) is 2. The normalized spacial score (nSPS) is 15.1. The summed E-state index contributed by atoms with van der Waals surface area (Å²) in [4.78, 5) is 22.4. The van der Waals surface area contributed by atoms with E-state index >= 15 is 0 Å². The number of aromatic nitrogens is 2. The monoisotopic (exact) mass is 451 g/mol. The van der Waals surface area contributed by atoms with Gasteiger partial charge in [0.15, 0.2) is 11.5 Å². The zero-order chi connectivity index (χ0) is 21.2. The molecule has 1 amide bonds. The third-order valence-corrected chi connectivity index (χ3v) is 6.23. The van der Waals surface area contributed by atoms with E-state index in [0.717, 1.165) is 15.2 Å². The summed E-state index contributed by atoms with van der Waals surface area (Å²) in [7, 11) is 0. The Hall–Kier alpha value is -3.16. The summed E-state index contributed by atoms with van der Waals surface area (Å²) < 4.78 is 11.7. The summed E-state index contributed by atoms with van der Waals surface area (Å²) in [6.45, 7) is 0.693. The van der Waals surface area contributed by atoms with E-state index in [1.807, 2.05) is 60.7 Å². The van der Waals surface area contributed by atoms with E-state index in [1.165, 1.54) is 11.8 Å². The van der Waals surface area contributed by atoms with Crippen LogP contribution in [0.2, 0.25) is 5.02 Å². The van der Waals surface area contributed by atoms with Crippen molar-refractivity contribution in [1.29, 1.82) is 0 Å². The van der Waals surface area contributed by atoms with E-state index in [9.17, 15) is 4.79 Å². The molecule has 1 unspecified atom stereocenters. The maximum absolute atomic E-state index is 13.1. The van der Waals surface area contributed by atoms with E-state index in [-0.39, 0.29) is 12.0 Å². The van der Waals surface area contributed by atoms with Crippen molar-refractivity contribution in [3.8, 4) is 11.5 Å². The summed E-state index contributed by atoms with van der Waals surface area (Å²) in [5, 5.41) is 4.51. The first-order valence-corrected chi connectivity index (χ1v) is 10.9. The van der Waals surface area contributed by atoms with Crippen molar-refractivity contribution >= 4 is 40.3 Å². The molecule has 5 rings (SSSR count). The van der Waals surface area contributed by atoms with Crippen LogP contribution in [-0.2, 0) is 0 Å². The standard InChI is InChI=1S/C23H18ClN3O3S/c24-14-7-9-16(10-8-14)31-21-17-4-3-11-25-22(17)27-20(21)23(28)26-12-15-13-29-18-5-1-2-6-19(18)30-15/h1-11,15H,12-13H2,(H,25,27)(H,26,28). The fourth-order valence-corrected chi connectivity index (χ4v) is 4.50. The smallest absolute Gasteiger partial charge is 0.269 e. The van der Waals surface area contributed by atoms with Gasteiger partial charge in [0.25, 0.3) is 5.91 Å². The number of hydrogen-bond donors (Lipinski definition) is 2. The number of pyridine rings is 1. The quantitative estimate of drug-likeness (QED) is 0.449. The number of para-hydroxylation sites is 2. The van der Waals surface area contributed by atoms with Crippen LogP contribution in [0.5, 0.6) is 11.5 Å². The highest BCUT2D eigenvalue weighted by Crippen LogP contribution is 2.36. The average Bonchev–Trinajstić information content (AvgIpc) is 3.17. The van der Waals surface area contributed by atoms with Gasteiger partial charge < -0.3 is 19.8 Å². The van der Waals surface area contributed by atoms with Crippen LogP contribution in [0.3, 0.4) is 0 Å². The van der Waals surface area contributed by atoms with Crippen LogP contribution in [-0.4, -0.2) is 35.1 Å². The molecule has 1 aliphatic rings. The van der Waals surface area contributed by atoms with E-state index < -0.39 is 0 Å². The van der Waals surface area contributed by atoms with Crippen LogP contribution in [0.25, 0.3) is 11.0 Å². The van der Waals surface area contributed by atoms with Crippen LogP contribution in [0.4, 0.5) is 0 Å². The molecule has 0 radical (unpaired) electrons. The number of benzene rings is 2. The first-order valence-electron chi connectivity index (χ1n) is 9.74. The van der Waals surface area contributed by atoms with Crippen molar-refractivity contribution in [3.05, 3.63) is 77.6 Å². The molecule has 2 aromatic carbocycles. The van der Waals surface area contributed by atoms with Crippen LogP contribution in [0.1, 0.15) is 10.5 Å². The maximum Gasteiger partial charge on any atom is 0.269 e. The largest absolute Gasteiger partial charge is 0.486 e. The molecule has 0 aliphatic carbocycles. The number of halogens is 1. The molecular weight excluding hydrogens is 434 g/mol. The maximum atomic E-state index is 13.1. The lowest BCUT2D eigenvalue weighted by Gasteiger charge is -2.26. The molecule has 1 atom stereocenters. The summed E-state index contributed by atoms with van der Waals surface area (Å²) >= 11 is 7.50. The Balaban J connectivity index is 1.35. The Morgan fingerprint density at radius 1 is 1.13 bits per heavy atom. The molecule has 0 saturated heterocycles. The lowest BCUT2D eigenvalue weighted by atomic mass is 10.2. The molecule has 31 heavy (non-hydrogen) atoms. The molecule has 1 aliphatic heterocycles. The van der Waals surface area contributed by atoms with Gasteiger partial charge in [0.1, 0.15) is 24.1 Å². The van der Waals surface area contributed by atoms with E-state index in [2.05, 4.69) is 15.3 Å². The molecule has 6 nitrogen and oxygen atoms in total. The van der Waals surface area contributed by atoms with Crippen molar-refractivity contribution in [1.82, 2.24) is 15.3 Å². The Morgan fingerprint density at radius 3 is 2.77 bits per heavy atom. The minimum atomic E-state index is -0.270. The van der Waals surface area contributed by atoms with Gasteiger partial charge in [-0.05, 0) is 48.5 Å². The number of carbonyl (C=O) groups excluding carboxylic acids is 1. The third-order valence-electron chi connectivity index (χ3n) is 4.84. The number of aromatic amines is 1. The van der Waals surface area contributed by atoms with Gasteiger partial charge in [0.2, 0.25) is 0 Å². The van der Waals surface area contributed by atoms with Crippen molar-refractivity contribution in [2.24, 2.45) is 0 Å². The van der Waals surface area contributed by atoms with Crippen LogP contribution >= 0.6 is 23.4 Å². The molecule has 3 heterocycles. The van der Waals surface area contributed by atoms with Crippen molar-refractivity contribution < 1.29 is 14.3 Å². The lowest BCUT2D eigenvalue weighted by Crippen LogP contribution is -2.40. The number of rotatable bonds is 5. The first kappa shape index (κ1) is 19.8. The van der Waals surface area contributed by atoms with Gasteiger partial charge in [0.05, 0.1) is 11.4 Å². The SMILES string of the molecule is O=C(NCC1COc2ccccc2O1)c1[nH]c2ncccc2c1Sc1ccc(Cl)cc1. The highest BCUT2D eigenvalue weighted by molar-refractivity contribution is 7.99. The highest BCUT2D eigenvalue weighted by atomic mass is 35.5. The molecule has 8 heteroatoms. The predicted octanol–water partition coefficient (Wildman–Crippen LogP) is 4.94. The number of nitrogens with zero attached hydrogens (tertiary/aromatic N) is 1. The summed E-state index contributed by atoms with van der Waals surface area (Å²) in [5.41, 5.74) is 1.13. The minimum absolute atomic E-state index is 0.225. The molecule has 4 aromatic rings. The zero-order valence-corrected chi connectivity index (χ0v) is 17.9. The van der Waals surface area contributed by atoms with Gasteiger partial charge >= 0.3 is 0 Å². The molecule has 2 N–H and O–H groups in total. The van der Waals surface area contributed by atoms with Crippen LogP contribution < -0.4 is 14.8 Å². The Labute approximate surface area is 187 Å². The topological polar surface area (TPSA) is 76.2 Å². The van der Waals surface area contributed by atoms with Gasteiger partial charge in [0, 0.05) is 21.5 Å². The number of amides is 1. The van der Waals surface area contributed by atoms with Crippen molar-refractivity contribution in [2.75, 3.05) is 13.2 Å². The fourth-order valence-electron chi connectivity index (χ4n) is 3.34. The third kappa shape index (κ3) is 4.19. The Morgan fingerprint density at radius 2 is 1.94 bits per heavy atom. The van der Waals surface area contributed by atoms with Gasteiger partial charge in [-0.25, -0.2) is 4.98 Å². The number of ether oxygens (including phenoxy) is 2. The Bertz CT molecular complexity index is 1240. The second kappa shape index (κ2) is 8.53. The second-order valence-electron chi connectivity index (χ2n) is 6.99. The molecule has 2 aromatic heterocycles. The van der Waals surface area contributed by atoms with Crippen molar-refractivity contribution in [3.63, 3.8) is 0 Å². The number of fused-ring (bicyclic) bond motifs is 2. The van der Waals surface area contributed by atoms with E-state index in [1.54, 1.807) is 6.20 Å². The summed E-state index contributed by atoms with van der Waals surface area (Å²) in [5.74, 6) is 1.17. The van der Waals surface area contributed by atoms with E-state index in [0.29, 0.717) is 41.0 Å². The van der Waals surface area contributed by atoms with Gasteiger partial charge in [-0.3, -0.25) is 4.79 Å². The number of H-pyrrole nitrogens is 1. The molecule has 0 fully saturated rings. The zero-order valence-electron chi connectivity index (χ0n) is 16.3. The van der Waals surface area contributed by atoms with Gasteiger partial charge in [-0.1, -0.05) is 35.5 Å². The van der Waals surface area contributed by atoms with Crippen LogP contribution in [0.15, 0.2) is 76.7 Å². The molecule has 0 saturated carbocycles. The summed E-state index contributed by atoms with van der Waals surface area (Å²) in [6.07, 6.45) is 1.43.